The van der Waals surface area contributed by atoms with Crippen LogP contribution in [0.4, 0.5) is 13.2 Å². The highest BCUT2D eigenvalue weighted by molar-refractivity contribution is 5.84. The van der Waals surface area contributed by atoms with Crippen LogP contribution in [0, 0.1) is 0 Å². The van der Waals surface area contributed by atoms with Gasteiger partial charge in [0.25, 0.3) is 0 Å². The quantitative estimate of drug-likeness (QED) is 0.633. The summed E-state index contributed by atoms with van der Waals surface area (Å²) in [6.45, 7) is 5.52. The Hall–Kier alpha value is -2.67. The van der Waals surface area contributed by atoms with Gasteiger partial charge in [0, 0.05) is 45.8 Å². The van der Waals surface area contributed by atoms with Gasteiger partial charge in [-0.1, -0.05) is 0 Å². The Morgan fingerprint density at radius 2 is 1.88 bits per heavy atom. The van der Waals surface area contributed by atoms with Gasteiger partial charge in [-0.15, -0.1) is 0 Å². The van der Waals surface area contributed by atoms with E-state index in [9.17, 15) is 22.8 Å². The molecule has 0 spiro atoms. The van der Waals surface area contributed by atoms with Gasteiger partial charge in [0.1, 0.15) is 0 Å². The zero-order valence-corrected chi connectivity index (χ0v) is 18.0. The summed E-state index contributed by atoms with van der Waals surface area (Å²) in [5, 5.41) is 14.0. The van der Waals surface area contributed by atoms with Gasteiger partial charge in [-0.25, -0.2) is 4.79 Å². The number of nitrogens with one attached hydrogen (secondary N) is 1. The van der Waals surface area contributed by atoms with E-state index in [-0.39, 0.29) is 24.4 Å². The first kappa shape index (κ1) is 25.6. The molecule has 3 rings (SSSR count). The number of carbonyl (C=O) groups excluding carboxylic acids is 2. The van der Waals surface area contributed by atoms with Crippen LogP contribution in [0.5, 0.6) is 0 Å². The first-order valence-corrected chi connectivity index (χ1v) is 10.1. The van der Waals surface area contributed by atoms with E-state index >= 15 is 0 Å². The van der Waals surface area contributed by atoms with Crippen molar-refractivity contribution >= 4 is 17.8 Å². The van der Waals surface area contributed by atoms with Gasteiger partial charge in [-0.3, -0.25) is 19.2 Å². The van der Waals surface area contributed by atoms with Gasteiger partial charge in [0.05, 0.1) is 32.0 Å². The number of morpholine rings is 1. The van der Waals surface area contributed by atoms with Crippen molar-refractivity contribution in [3.63, 3.8) is 0 Å². The molecule has 2 amide bonds. The molecule has 0 unspecified atom stereocenters. The molecule has 0 aromatic carbocycles. The van der Waals surface area contributed by atoms with Crippen LogP contribution >= 0.6 is 0 Å². The van der Waals surface area contributed by atoms with Gasteiger partial charge in [0.2, 0.25) is 11.8 Å². The maximum atomic E-state index is 12.6. The lowest BCUT2D eigenvalue weighted by molar-refractivity contribution is -0.192. The Morgan fingerprint density at radius 1 is 1.25 bits per heavy atom. The minimum atomic E-state index is -5.08. The summed E-state index contributed by atoms with van der Waals surface area (Å²) >= 11 is 0. The molecule has 0 aliphatic carbocycles. The summed E-state index contributed by atoms with van der Waals surface area (Å²) < 4.78 is 39.0. The Kier molecular flexibility index (Phi) is 9.01. The SMILES string of the molecule is CC(=O)NCC(=O)N1CC[C@@H](N2CCOCC2)[C@@H]1Cc1cnn(C)c1.O=C(O)C(F)(F)F. The van der Waals surface area contributed by atoms with Crippen molar-refractivity contribution in [1.82, 2.24) is 24.9 Å². The molecule has 2 aliphatic heterocycles. The molecular weight excluding hydrogens is 435 g/mol. The van der Waals surface area contributed by atoms with Crippen LogP contribution in [0.15, 0.2) is 12.4 Å². The van der Waals surface area contributed by atoms with Crippen molar-refractivity contribution in [2.24, 2.45) is 7.05 Å². The van der Waals surface area contributed by atoms with Crippen LogP contribution in [0.1, 0.15) is 18.9 Å². The number of aryl methyl sites for hydroxylation is 1. The number of hydrogen-bond donors (Lipinski definition) is 2. The highest BCUT2D eigenvalue weighted by atomic mass is 19.4. The number of carbonyl (C=O) groups is 3. The first-order valence-electron chi connectivity index (χ1n) is 10.1. The van der Waals surface area contributed by atoms with Crippen LogP contribution in [0.3, 0.4) is 0 Å². The molecule has 0 saturated carbocycles. The standard InChI is InChI=1S/C17H27N5O3.C2HF3O2/c1-13(23)18-11-17(24)22-4-3-15(21-5-7-25-8-6-21)16(22)9-14-10-19-20(2)12-14;3-2(4,5)1(6)7/h10,12,15-16H,3-9,11H2,1-2H3,(H,18,23);(H,6,7)/t15-,16+;/m1./s1. The number of alkyl halides is 3. The molecule has 0 radical (unpaired) electrons. The Morgan fingerprint density at radius 3 is 2.38 bits per heavy atom. The largest absolute Gasteiger partial charge is 0.490 e. The zero-order chi connectivity index (χ0) is 23.9. The maximum Gasteiger partial charge on any atom is 0.490 e. The number of carboxylic acid groups (broad SMARTS) is 1. The second-order valence-electron chi connectivity index (χ2n) is 7.60. The fraction of sp³-hybridized carbons (Fsp3) is 0.684. The summed E-state index contributed by atoms with van der Waals surface area (Å²) in [4.78, 5) is 37.0. The smallest absolute Gasteiger partial charge is 0.475 e. The summed E-state index contributed by atoms with van der Waals surface area (Å²) in [6.07, 6.45) is 0.523. The third-order valence-corrected chi connectivity index (χ3v) is 5.28. The summed E-state index contributed by atoms with van der Waals surface area (Å²) in [7, 11) is 1.90. The average molecular weight is 463 g/mol. The second-order valence-corrected chi connectivity index (χ2v) is 7.60. The second kappa shape index (κ2) is 11.3. The highest BCUT2D eigenvalue weighted by Crippen LogP contribution is 2.27. The van der Waals surface area contributed by atoms with E-state index in [0.29, 0.717) is 6.04 Å². The lowest BCUT2D eigenvalue weighted by Crippen LogP contribution is -2.52. The van der Waals surface area contributed by atoms with E-state index < -0.39 is 12.1 Å². The normalized spacial score (nSPS) is 21.6. The van der Waals surface area contributed by atoms with Crippen molar-refractivity contribution in [2.45, 2.75) is 38.0 Å². The molecule has 2 aliphatic rings. The molecule has 1 aromatic rings. The van der Waals surface area contributed by atoms with Crippen LogP contribution in [0.25, 0.3) is 0 Å². The molecule has 1 aromatic heterocycles. The van der Waals surface area contributed by atoms with E-state index in [1.54, 1.807) is 4.68 Å². The number of nitrogens with zero attached hydrogens (tertiary/aromatic N) is 4. The molecular formula is C19H28F3N5O5. The molecule has 2 fully saturated rings. The lowest BCUT2D eigenvalue weighted by atomic mass is 10.00. The van der Waals surface area contributed by atoms with E-state index in [2.05, 4.69) is 15.3 Å². The highest BCUT2D eigenvalue weighted by Gasteiger charge is 2.40. The van der Waals surface area contributed by atoms with Gasteiger partial charge >= 0.3 is 12.1 Å². The van der Waals surface area contributed by atoms with Crippen LogP contribution in [-0.4, -0.2) is 100 Å². The van der Waals surface area contributed by atoms with Crippen LogP contribution in [-0.2, 0) is 32.6 Å². The topological polar surface area (TPSA) is 117 Å². The average Bonchev–Trinajstić information content (AvgIpc) is 3.33. The monoisotopic (exact) mass is 463 g/mol. The van der Waals surface area contributed by atoms with E-state index in [4.69, 9.17) is 14.6 Å². The molecule has 32 heavy (non-hydrogen) atoms. The summed E-state index contributed by atoms with van der Waals surface area (Å²) in [6, 6.07) is 0.425. The van der Waals surface area contributed by atoms with Gasteiger partial charge in [-0.05, 0) is 18.4 Å². The minimum Gasteiger partial charge on any atom is -0.475 e. The molecule has 2 N–H and O–H groups in total. The van der Waals surface area contributed by atoms with Gasteiger partial charge in [-0.2, -0.15) is 18.3 Å². The number of aromatic nitrogens is 2. The fourth-order valence-electron chi connectivity index (χ4n) is 3.85. The Balaban J connectivity index is 0.000000451. The third kappa shape index (κ3) is 7.48. The van der Waals surface area contributed by atoms with Gasteiger partial charge < -0.3 is 20.1 Å². The van der Waals surface area contributed by atoms with Crippen molar-refractivity contribution in [3.8, 4) is 0 Å². The van der Waals surface area contributed by atoms with E-state index in [0.717, 1.165) is 51.3 Å². The number of aliphatic carboxylic acids is 1. The number of likely N-dealkylation sites (tertiary alicyclic amines) is 1. The van der Waals surface area contributed by atoms with Crippen LogP contribution in [0.2, 0.25) is 0 Å². The predicted molar refractivity (Wildman–Crippen MR) is 106 cm³/mol. The predicted octanol–water partition coefficient (Wildman–Crippen LogP) is 0.0337. The molecule has 2 atom stereocenters. The molecule has 13 heteroatoms. The van der Waals surface area contributed by atoms with E-state index in [1.165, 1.54) is 6.92 Å². The van der Waals surface area contributed by atoms with Crippen molar-refractivity contribution in [1.29, 1.82) is 0 Å². The van der Waals surface area contributed by atoms with Crippen molar-refractivity contribution in [3.05, 3.63) is 18.0 Å². The molecule has 0 bridgehead atoms. The fourth-order valence-corrected chi connectivity index (χ4v) is 3.85. The van der Waals surface area contributed by atoms with Crippen LogP contribution < -0.4 is 5.32 Å². The first-order chi connectivity index (χ1) is 15.0. The van der Waals surface area contributed by atoms with Crippen molar-refractivity contribution in [2.75, 3.05) is 39.4 Å². The molecule has 3 heterocycles. The summed E-state index contributed by atoms with van der Waals surface area (Å²) in [5.41, 5.74) is 1.13. The maximum absolute atomic E-state index is 12.6. The number of rotatable bonds is 5. The number of amides is 2. The molecule has 2 saturated heterocycles. The van der Waals surface area contributed by atoms with Gasteiger partial charge in [0.15, 0.2) is 0 Å². The Labute approximate surface area is 183 Å². The number of ether oxygens (including phenoxy) is 1. The Bertz CT molecular complexity index is 795. The number of halogens is 3. The third-order valence-electron chi connectivity index (χ3n) is 5.28. The minimum absolute atomic E-state index is 0.0140. The summed E-state index contributed by atoms with van der Waals surface area (Å²) in [5.74, 6) is -2.95. The molecule has 10 nitrogen and oxygen atoms in total. The van der Waals surface area contributed by atoms with E-state index in [1.807, 2.05) is 24.3 Å². The number of hydrogen-bond acceptors (Lipinski definition) is 6. The number of carboxylic acids is 1. The molecule has 180 valence electrons. The lowest BCUT2D eigenvalue weighted by Gasteiger charge is -2.37. The van der Waals surface area contributed by atoms with Crippen molar-refractivity contribution < 1.29 is 37.4 Å². The zero-order valence-electron chi connectivity index (χ0n) is 18.0.